The number of fused-ring (bicyclic) bond motifs is 1. The third-order valence-corrected chi connectivity index (χ3v) is 3.62. The van der Waals surface area contributed by atoms with E-state index in [0.717, 1.165) is 22.3 Å². The minimum absolute atomic E-state index is 0.415. The Labute approximate surface area is 127 Å². The van der Waals surface area contributed by atoms with Crippen molar-refractivity contribution in [1.82, 2.24) is 24.9 Å². The summed E-state index contributed by atoms with van der Waals surface area (Å²) in [4.78, 5) is 10.4. The van der Waals surface area contributed by atoms with Crippen LogP contribution in [0.5, 0.6) is 0 Å². The van der Waals surface area contributed by atoms with Crippen LogP contribution in [0.2, 0.25) is 0 Å². The predicted octanol–water partition coefficient (Wildman–Crippen LogP) is 1.96. The van der Waals surface area contributed by atoms with Crippen LogP contribution >= 0.6 is 0 Å². The lowest BCUT2D eigenvalue weighted by molar-refractivity contribution is 0.194. The first-order valence-corrected chi connectivity index (χ1v) is 7.07. The van der Waals surface area contributed by atoms with E-state index >= 15 is 0 Å². The van der Waals surface area contributed by atoms with Gasteiger partial charge in [-0.3, -0.25) is 0 Å². The molecular weight excluding hydrogens is 282 g/mol. The molecule has 0 bridgehead atoms. The number of hydrogen-bond donors (Lipinski definition) is 2. The zero-order chi connectivity index (χ0) is 15.5. The standard InChI is InChI=1S/C15H17N5O2/c1-19-8-6-11-9-12(4-5-14(11)19)20-13(10-17-18-20)3-2-7-16-15(21)22/h4-6,8-10,16H,2-3,7H2,1H3,(H,21,22). The Morgan fingerprint density at radius 3 is 3.05 bits per heavy atom. The molecule has 7 heteroatoms. The van der Waals surface area contributed by atoms with Crippen LogP contribution in [0.15, 0.2) is 36.7 Å². The Kier molecular flexibility index (Phi) is 3.78. The highest BCUT2D eigenvalue weighted by atomic mass is 16.4. The van der Waals surface area contributed by atoms with Crippen LogP contribution in [0, 0.1) is 0 Å². The van der Waals surface area contributed by atoms with E-state index in [2.05, 4.69) is 38.4 Å². The Balaban J connectivity index is 1.79. The highest BCUT2D eigenvalue weighted by Gasteiger charge is 2.08. The van der Waals surface area contributed by atoms with Gasteiger partial charge in [-0.2, -0.15) is 0 Å². The quantitative estimate of drug-likeness (QED) is 0.705. The maximum absolute atomic E-state index is 10.4. The van der Waals surface area contributed by atoms with Gasteiger partial charge in [0.2, 0.25) is 0 Å². The monoisotopic (exact) mass is 299 g/mol. The molecule has 7 nitrogen and oxygen atoms in total. The van der Waals surface area contributed by atoms with E-state index < -0.39 is 6.09 Å². The number of amides is 1. The van der Waals surface area contributed by atoms with Crippen LogP contribution in [0.4, 0.5) is 4.79 Å². The van der Waals surface area contributed by atoms with Gasteiger partial charge >= 0.3 is 6.09 Å². The fourth-order valence-corrected chi connectivity index (χ4v) is 2.51. The molecule has 2 aromatic heterocycles. The molecule has 0 aliphatic carbocycles. The SMILES string of the molecule is Cn1ccc2cc(-n3nncc3CCCNC(=O)O)ccc21. The first-order valence-electron chi connectivity index (χ1n) is 7.07. The number of nitrogens with one attached hydrogen (secondary N) is 1. The fraction of sp³-hybridized carbons (Fsp3) is 0.267. The summed E-state index contributed by atoms with van der Waals surface area (Å²) in [6.07, 6.45) is 4.15. The number of aromatic nitrogens is 4. The Bertz CT molecular complexity index is 805. The second kappa shape index (κ2) is 5.88. The van der Waals surface area contributed by atoms with E-state index in [1.54, 1.807) is 10.9 Å². The van der Waals surface area contributed by atoms with E-state index in [0.29, 0.717) is 19.4 Å². The van der Waals surface area contributed by atoms with Gasteiger partial charge in [-0.05, 0) is 37.1 Å². The highest BCUT2D eigenvalue weighted by molar-refractivity contribution is 5.82. The van der Waals surface area contributed by atoms with Crippen LogP contribution < -0.4 is 5.32 Å². The van der Waals surface area contributed by atoms with Gasteiger partial charge in [-0.15, -0.1) is 5.10 Å². The number of hydrogen-bond acceptors (Lipinski definition) is 3. The van der Waals surface area contributed by atoms with Gasteiger partial charge in [0.25, 0.3) is 0 Å². The van der Waals surface area contributed by atoms with Gasteiger partial charge in [0.1, 0.15) is 0 Å². The van der Waals surface area contributed by atoms with Crippen molar-refractivity contribution in [3.63, 3.8) is 0 Å². The van der Waals surface area contributed by atoms with Crippen LogP contribution in [0.25, 0.3) is 16.6 Å². The Morgan fingerprint density at radius 1 is 1.36 bits per heavy atom. The topological polar surface area (TPSA) is 85.0 Å². The summed E-state index contributed by atoms with van der Waals surface area (Å²) in [5.74, 6) is 0. The molecule has 0 unspecified atom stereocenters. The number of rotatable bonds is 5. The van der Waals surface area contributed by atoms with E-state index in [1.807, 2.05) is 19.3 Å². The zero-order valence-electron chi connectivity index (χ0n) is 12.2. The number of nitrogens with zero attached hydrogens (tertiary/aromatic N) is 4. The molecule has 0 spiro atoms. The van der Waals surface area contributed by atoms with Crippen molar-refractivity contribution in [1.29, 1.82) is 0 Å². The Morgan fingerprint density at radius 2 is 2.23 bits per heavy atom. The molecule has 3 aromatic rings. The minimum Gasteiger partial charge on any atom is -0.465 e. The van der Waals surface area contributed by atoms with Gasteiger partial charge in [0.05, 0.1) is 17.6 Å². The zero-order valence-corrected chi connectivity index (χ0v) is 12.2. The molecule has 0 radical (unpaired) electrons. The average Bonchev–Trinajstić information content (AvgIpc) is 3.10. The average molecular weight is 299 g/mol. The summed E-state index contributed by atoms with van der Waals surface area (Å²) >= 11 is 0. The van der Waals surface area contributed by atoms with Crippen LogP contribution in [-0.2, 0) is 13.5 Å². The number of carbonyl (C=O) groups is 1. The number of carboxylic acid groups (broad SMARTS) is 1. The summed E-state index contributed by atoms with van der Waals surface area (Å²) in [5.41, 5.74) is 3.08. The molecule has 1 amide bonds. The molecule has 2 N–H and O–H groups in total. The molecule has 0 saturated carbocycles. The largest absolute Gasteiger partial charge is 0.465 e. The lowest BCUT2D eigenvalue weighted by atomic mass is 10.2. The molecule has 0 aliphatic rings. The summed E-state index contributed by atoms with van der Waals surface area (Å²) in [5, 5.41) is 20.2. The third kappa shape index (κ3) is 2.78. The maximum atomic E-state index is 10.4. The van der Waals surface area contributed by atoms with E-state index in [9.17, 15) is 4.79 Å². The lowest BCUT2D eigenvalue weighted by Gasteiger charge is -2.07. The molecule has 2 heterocycles. The van der Waals surface area contributed by atoms with Crippen LogP contribution in [0.3, 0.4) is 0 Å². The normalized spacial score (nSPS) is 11.0. The molecule has 0 fully saturated rings. The van der Waals surface area contributed by atoms with Crippen molar-refractivity contribution in [2.75, 3.05) is 6.54 Å². The first-order chi connectivity index (χ1) is 10.6. The maximum Gasteiger partial charge on any atom is 0.404 e. The Hall–Kier alpha value is -2.83. The second-order valence-corrected chi connectivity index (χ2v) is 5.14. The van der Waals surface area contributed by atoms with Crippen LogP contribution in [0.1, 0.15) is 12.1 Å². The molecule has 0 saturated heterocycles. The van der Waals surface area contributed by atoms with Crippen molar-refractivity contribution < 1.29 is 9.90 Å². The summed E-state index contributed by atoms with van der Waals surface area (Å²) in [7, 11) is 2.01. The third-order valence-electron chi connectivity index (χ3n) is 3.62. The van der Waals surface area contributed by atoms with E-state index in [-0.39, 0.29) is 0 Å². The van der Waals surface area contributed by atoms with Crippen molar-refractivity contribution in [2.24, 2.45) is 7.05 Å². The van der Waals surface area contributed by atoms with Crippen molar-refractivity contribution in [3.05, 3.63) is 42.4 Å². The van der Waals surface area contributed by atoms with Crippen molar-refractivity contribution in [2.45, 2.75) is 12.8 Å². The van der Waals surface area contributed by atoms with Crippen molar-refractivity contribution in [3.8, 4) is 5.69 Å². The number of benzene rings is 1. The van der Waals surface area contributed by atoms with Gasteiger partial charge in [-0.25, -0.2) is 9.48 Å². The predicted molar refractivity (Wildman–Crippen MR) is 82.2 cm³/mol. The fourth-order valence-electron chi connectivity index (χ4n) is 2.51. The minimum atomic E-state index is -0.999. The van der Waals surface area contributed by atoms with Gasteiger partial charge in [-0.1, -0.05) is 5.21 Å². The van der Waals surface area contributed by atoms with Gasteiger partial charge in [0.15, 0.2) is 0 Å². The molecule has 0 atom stereocenters. The van der Waals surface area contributed by atoms with Gasteiger partial charge < -0.3 is 15.0 Å². The molecule has 0 aliphatic heterocycles. The smallest absolute Gasteiger partial charge is 0.404 e. The van der Waals surface area contributed by atoms with Crippen molar-refractivity contribution >= 4 is 17.0 Å². The molecular formula is C15H17N5O2. The lowest BCUT2D eigenvalue weighted by Crippen LogP contribution is -2.22. The highest BCUT2D eigenvalue weighted by Crippen LogP contribution is 2.19. The first kappa shape index (κ1) is 14.1. The van der Waals surface area contributed by atoms with Gasteiger partial charge in [0, 0.05) is 30.7 Å². The second-order valence-electron chi connectivity index (χ2n) is 5.14. The van der Waals surface area contributed by atoms with E-state index in [4.69, 9.17) is 5.11 Å². The molecule has 114 valence electrons. The molecule has 3 rings (SSSR count). The number of aryl methyl sites for hydroxylation is 2. The molecule has 22 heavy (non-hydrogen) atoms. The summed E-state index contributed by atoms with van der Waals surface area (Å²) in [6.45, 7) is 0.415. The summed E-state index contributed by atoms with van der Waals surface area (Å²) in [6, 6.07) is 8.20. The molecule has 1 aromatic carbocycles. The van der Waals surface area contributed by atoms with Crippen LogP contribution in [-0.4, -0.2) is 37.3 Å². The summed E-state index contributed by atoms with van der Waals surface area (Å²) < 4.78 is 3.87. The van der Waals surface area contributed by atoms with E-state index in [1.165, 1.54) is 0 Å².